The molecule has 0 radical (unpaired) electrons. The van der Waals surface area contributed by atoms with Gasteiger partial charge in [-0.1, -0.05) is 20.4 Å². The first-order chi connectivity index (χ1) is 6.43. The molecule has 78 valence electrons. The average Bonchev–Trinajstić information content (AvgIpc) is 2.32. The van der Waals surface area contributed by atoms with E-state index in [2.05, 4.69) is 6.58 Å². The Hall–Kier alpha value is -1.32. The Morgan fingerprint density at radius 2 is 2.14 bits per heavy atom. The topological polar surface area (TPSA) is 52.6 Å². The van der Waals surface area contributed by atoms with Gasteiger partial charge in [-0.15, -0.1) is 0 Å². The molecule has 14 heavy (non-hydrogen) atoms. The van der Waals surface area contributed by atoms with E-state index >= 15 is 0 Å². The van der Waals surface area contributed by atoms with E-state index in [9.17, 15) is 9.59 Å². The van der Waals surface area contributed by atoms with Crippen LogP contribution in [-0.2, 0) is 19.1 Å². The molecule has 1 fully saturated rings. The van der Waals surface area contributed by atoms with Crippen molar-refractivity contribution in [3.63, 3.8) is 0 Å². The lowest BCUT2D eigenvalue weighted by Gasteiger charge is -2.20. The summed E-state index contributed by atoms with van der Waals surface area (Å²) in [7, 11) is 0. The van der Waals surface area contributed by atoms with Gasteiger partial charge in [0.05, 0.1) is 5.57 Å². The zero-order chi connectivity index (χ0) is 10.9. The summed E-state index contributed by atoms with van der Waals surface area (Å²) in [6, 6.07) is 0. The summed E-state index contributed by atoms with van der Waals surface area (Å²) in [5.74, 6) is -0.808. The van der Waals surface area contributed by atoms with E-state index in [0.29, 0.717) is 0 Å². The number of hydrogen-bond acceptors (Lipinski definition) is 4. The first-order valence-electron chi connectivity index (χ1n) is 4.50. The van der Waals surface area contributed by atoms with Gasteiger partial charge >= 0.3 is 11.9 Å². The molecule has 1 rings (SSSR count). The molecule has 0 N–H and O–H groups in total. The summed E-state index contributed by atoms with van der Waals surface area (Å²) in [5.41, 5.74) is 0.221. The summed E-state index contributed by atoms with van der Waals surface area (Å²) in [6.07, 6.45) is -1.03. The Kier molecular flexibility index (Phi) is 2.93. The molecule has 2 unspecified atom stereocenters. The summed E-state index contributed by atoms with van der Waals surface area (Å²) in [5, 5.41) is 0. The first kappa shape index (κ1) is 10.8. The van der Waals surface area contributed by atoms with Gasteiger partial charge in [-0.3, -0.25) is 4.79 Å². The molecule has 1 saturated heterocycles. The summed E-state index contributed by atoms with van der Waals surface area (Å²) < 4.78 is 10.0. The maximum Gasteiger partial charge on any atom is 0.337 e. The average molecular weight is 198 g/mol. The predicted octanol–water partition coefficient (Wildman–Crippen LogP) is 1.06. The van der Waals surface area contributed by atoms with Crippen LogP contribution >= 0.6 is 0 Å². The van der Waals surface area contributed by atoms with Crippen LogP contribution in [0.3, 0.4) is 0 Å². The molecule has 0 aromatic heterocycles. The fourth-order valence-electron chi connectivity index (χ4n) is 1.38. The second-order valence-electron chi connectivity index (χ2n) is 3.67. The molecule has 1 heterocycles. The van der Waals surface area contributed by atoms with Crippen LogP contribution in [0.25, 0.3) is 0 Å². The Balaban J connectivity index is 2.81. The summed E-state index contributed by atoms with van der Waals surface area (Å²) in [6.45, 7) is 8.64. The SMILES string of the molecule is C=C1C(=O)OC(C(C)C)C1OC(C)=O. The number of hydrogen-bond donors (Lipinski definition) is 0. The second kappa shape index (κ2) is 3.82. The molecule has 0 aromatic rings. The largest absolute Gasteiger partial charge is 0.454 e. The van der Waals surface area contributed by atoms with Gasteiger partial charge in [0.15, 0.2) is 6.10 Å². The van der Waals surface area contributed by atoms with Gasteiger partial charge in [0.2, 0.25) is 0 Å². The molecular weight excluding hydrogens is 184 g/mol. The number of ether oxygens (including phenoxy) is 2. The zero-order valence-electron chi connectivity index (χ0n) is 8.57. The number of cyclic esters (lactones) is 1. The van der Waals surface area contributed by atoms with Crippen LogP contribution in [0.1, 0.15) is 20.8 Å². The van der Waals surface area contributed by atoms with E-state index in [4.69, 9.17) is 9.47 Å². The third-order valence-electron chi connectivity index (χ3n) is 2.10. The molecule has 0 saturated carbocycles. The third-order valence-corrected chi connectivity index (χ3v) is 2.10. The smallest absolute Gasteiger partial charge is 0.337 e. The van der Waals surface area contributed by atoms with Gasteiger partial charge in [-0.05, 0) is 5.92 Å². The Morgan fingerprint density at radius 3 is 2.57 bits per heavy atom. The van der Waals surface area contributed by atoms with E-state index in [0.717, 1.165) is 0 Å². The Bertz CT molecular complexity index is 280. The molecule has 0 amide bonds. The molecular formula is C10H14O4. The highest BCUT2D eigenvalue weighted by atomic mass is 16.6. The molecule has 4 heteroatoms. The fraction of sp³-hybridized carbons (Fsp3) is 0.600. The van der Waals surface area contributed by atoms with Crippen LogP contribution in [0.15, 0.2) is 12.2 Å². The van der Waals surface area contributed by atoms with Gasteiger partial charge in [0.25, 0.3) is 0 Å². The highest BCUT2D eigenvalue weighted by molar-refractivity contribution is 5.92. The number of carbonyl (C=O) groups is 2. The minimum atomic E-state index is -0.625. The van der Waals surface area contributed by atoms with E-state index in [-0.39, 0.29) is 11.5 Å². The summed E-state index contributed by atoms with van der Waals surface area (Å²) >= 11 is 0. The number of rotatable bonds is 2. The molecule has 4 nitrogen and oxygen atoms in total. The van der Waals surface area contributed by atoms with Gasteiger partial charge < -0.3 is 9.47 Å². The lowest BCUT2D eigenvalue weighted by atomic mass is 10.00. The van der Waals surface area contributed by atoms with Crippen molar-refractivity contribution in [1.82, 2.24) is 0 Å². The third kappa shape index (κ3) is 1.95. The molecule has 0 aromatic carbocycles. The van der Waals surface area contributed by atoms with Crippen molar-refractivity contribution in [1.29, 1.82) is 0 Å². The van der Waals surface area contributed by atoms with Crippen molar-refractivity contribution in [3.8, 4) is 0 Å². The maximum atomic E-state index is 11.2. The van der Waals surface area contributed by atoms with Crippen LogP contribution in [0, 0.1) is 5.92 Å². The molecule has 0 spiro atoms. The van der Waals surface area contributed by atoms with Gasteiger partial charge in [-0.2, -0.15) is 0 Å². The minimum absolute atomic E-state index is 0.0996. The molecule has 0 aliphatic carbocycles. The van der Waals surface area contributed by atoms with Crippen LogP contribution in [-0.4, -0.2) is 24.1 Å². The van der Waals surface area contributed by atoms with Gasteiger partial charge in [-0.25, -0.2) is 4.79 Å². The van der Waals surface area contributed by atoms with Crippen molar-refractivity contribution in [2.75, 3.05) is 0 Å². The van der Waals surface area contributed by atoms with Crippen LogP contribution in [0.2, 0.25) is 0 Å². The molecule has 2 atom stereocenters. The van der Waals surface area contributed by atoms with Gasteiger partial charge in [0.1, 0.15) is 6.10 Å². The number of carbonyl (C=O) groups excluding carboxylic acids is 2. The van der Waals surface area contributed by atoms with Crippen molar-refractivity contribution in [2.24, 2.45) is 5.92 Å². The highest BCUT2D eigenvalue weighted by Crippen LogP contribution is 2.27. The van der Waals surface area contributed by atoms with Crippen LogP contribution in [0.5, 0.6) is 0 Å². The standard InChI is InChI=1S/C10H14O4/c1-5(2)8-9(13-7(4)11)6(3)10(12)14-8/h5,8-9H,3H2,1-2,4H3. The van der Waals surface area contributed by atoms with Crippen LogP contribution < -0.4 is 0 Å². The molecule has 1 aliphatic heterocycles. The summed E-state index contributed by atoms with van der Waals surface area (Å²) in [4.78, 5) is 22.0. The van der Waals surface area contributed by atoms with Crippen molar-refractivity contribution >= 4 is 11.9 Å². The van der Waals surface area contributed by atoms with Gasteiger partial charge in [0, 0.05) is 6.92 Å². The fourth-order valence-corrected chi connectivity index (χ4v) is 1.38. The van der Waals surface area contributed by atoms with E-state index in [1.165, 1.54) is 6.92 Å². The minimum Gasteiger partial charge on any atom is -0.454 e. The van der Waals surface area contributed by atoms with E-state index < -0.39 is 24.1 Å². The second-order valence-corrected chi connectivity index (χ2v) is 3.67. The molecule has 1 aliphatic rings. The van der Waals surface area contributed by atoms with Crippen molar-refractivity contribution in [3.05, 3.63) is 12.2 Å². The monoisotopic (exact) mass is 198 g/mol. The molecule has 0 bridgehead atoms. The highest BCUT2D eigenvalue weighted by Gasteiger charge is 2.42. The first-order valence-corrected chi connectivity index (χ1v) is 4.50. The number of esters is 2. The quantitative estimate of drug-likeness (QED) is 0.491. The van der Waals surface area contributed by atoms with E-state index in [1.54, 1.807) is 0 Å². The lowest BCUT2D eigenvalue weighted by molar-refractivity contribution is -0.152. The zero-order valence-corrected chi connectivity index (χ0v) is 8.57. The lowest BCUT2D eigenvalue weighted by Crippen LogP contribution is -2.31. The van der Waals surface area contributed by atoms with Crippen molar-refractivity contribution in [2.45, 2.75) is 33.0 Å². The Labute approximate surface area is 82.9 Å². The van der Waals surface area contributed by atoms with Crippen molar-refractivity contribution < 1.29 is 19.1 Å². The predicted molar refractivity (Wildman–Crippen MR) is 49.4 cm³/mol. The van der Waals surface area contributed by atoms with Crippen LogP contribution in [0.4, 0.5) is 0 Å². The van der Waals surface area contributed by atoms with E-state index in [1.807, 2.05) is 13.8 Å². The maximum absolute atomic E-state index is 11.2. The normalized spacial score (nSPS) is 26.6. The Morgan fingerprint density at radius 1 is 1.57 bits per heavy atom.